The number of rotatable bonds is 3. The Bertz CT molecular complexity index is 484. The molecule has 3 nitrogen and oxygen atoms in total. The minimum Gasteiger partial charge on any atom is -0.486 e. The van der Waals surface area contributed by atoms with E-state index in [2.05, 4.69) is 24.8 Å². The number of alkyl halides is 1. The van der Waals surface area contributed by atoms with Crippen molar-refractivity contribution < 1.29 is 9.47 Å². The number of piperidine rings is 1. The van der Waals surface area contributed by atoms with Crippen LogP contribution in [0.15, 0.2) is 18.2 Å². The number of likely N-dealkylation sites (tertiary alicyclic amines) is 1. The van der Waals surface area contributed by atoms with E-state index in [0.29, 0.717) is 13.2 Å². The molecule has 1 saturated heterocycles. The number of halogens is 1. The fraction of sp³-hybridized carbons (Fsp3) is 0.647. The zero-order valence-electron chi connectivity index (χ0n) is 12.8. The lowest BCUT2D eigenvalue weighted by molar-refractivity contribution is 0.141. The third-order valence-electron chi connectivity index (χ3n) is 4.29. The van der Waals surface area contributed by atoms with Gasteiger partial charge in [-0.1, -0.05) is 19.9 Å². The summed E-state index contributed by atoms with van der Waals surface area (Å²) in [6.07, 6.45) is 1.33. The van der Waals surface area contributed by atoms with Crippen LogP contribution in [0.2, 0.25) is 0 Å². The van der Waals surface area contributed by atoms with Gasteiger partial charge in [0.25, 0.3) is 0 Å². The summed E-state index contributed by atoms with van der Waals surface area (Å²) in [6, 6.07) is 6.06. The van der Waals surface area contributed by atoms with E-state index in [1.54, 1.807) is 0 Å². The predicted octanol–water partition coefficient (Wildman–Crippen LogP) is 3.72. The highest BCUT2D eigenvalue weighted by atomic mass is 35.5. The van der Waals surface area contributed by atoms with E-state index in [-0.39, 0.29) is 5.38 Å². The van der Waals surface area contributed by atoms with Crippen LogP contribution in [-0.4, -0.2) is 37.7 Å². The van der Waals surface area contributed by atoms with Gasteiger partial charge in [0.05, 0.1) is 5.38 Å². The Balaban J connectivity index is 1.66. The van der Waals surface area contributed by atoms with Crippen LogP contribution in [0, 0.1) is 11.8 Å². The van der Waals surface area contributed by atoms with Crippen molar-refractivity contribution in [1.29, 1.82) is 0 Å². The molecule has 0 amide bonds. The van der Waals surface area contributed by atoms with Crippen molar-refractivity contribution >= 4 is 11.6 Å². The van der Waals surface area contributed by atoms with E-state index in [0.717, 1.165) is 48.5 Å². The average Bonchev–Trinajstić information content (AvgIpc) is 2.45. The normalized spacial score (nSPS) is 27.4. The molecule has 21 heavy (non-hydrogen) atoms. The van der Waals surface area contributed by atoms with Gasteiger partial charge in [-0.25, -0.2) is 0 Å². The molecule has 0 bridgehead atoms. The summed E-state index contributed by atoms with van der Waals surface area (Å²) in [4.78, 5) is 2.49. The van der Waals surface area contributed by atoms with Gasteiger partial charge in [-0.05, 0) is 36.0 Å². The molecular weight excluding hydrogens is 286 g/mol. The summed E-state index contributed by atoms with van der Waals surface area (Å²) in [5, 5.41) is -0.00155. The highest BCUT2D eigenvalue weighted by Gasteiger charge is 2.24. The lowest BCUT2D eigenvalue weighted by Crippen LogP contribution is -2.40. The smallest absolute Gasteiger partial charge is 0.161 e. The molecule has 1 aromatic carbocycles. The van der Waals surface area contributed by atoms with E-state index in [1.807, 2.05) is 12.1 Å². The molecule has 3 atom stereocenters. The first-order valence-electron chi connectivity index (χ1n) is 7.88. The molecule has 0 saturated carbocycles. The molecule has 116 valence electrons. The molecule has 3 unspecified atom stereocenters. The lowest BCUT2D eigenvalue weighted by Gasteiger charge is -2.36. The summed E-state index contributed by atoms with van der Waals surface area (Å²) in [5.41, 5.74) is 1.12. The van der Waals surface area contributed by atoms with E-state index in [4.69, 9.17) is 21.1 Å². The van der Waals surface area contributed by atoms with Gasteiger partial charge >= 0.3 is 0 Å². The second kappa shape index (κ2) is 6.45. The summed E-state index contributed by atoms with van der Waals surface area (Å²) < 4.78 is 11.2. The van der Waals surface area contributed by atoms with Crippen LogP contribution >= 0.6 is 11.6 Å². The molecule has 2 heterocycles. The van der Waals surface area contributed by atoms with E-state index < -0.39 is 0 Å². The molecule has 0 aromatic heterocycles. The molecule has 3 rings (SSSR count). The fourth-order valence-corrected chi connectivity index (χ4v) is 3.86. The van der Waals surface area contributed by atoms with Crippen LogP contribution in [0.4, 0.5) is 0 Å². The van der Waals surface area contributed by atoms with Crippen LogP contribution < -0.4 is 9.47 Å². The molecule has 0 radical (unpaired) electrons. The number of fused-ring (bicyclic) bond motifs is 1. The lowest BCUT2D eigenvalue weighted by atomic mass is 9.91. The Labute approximate surface area is 132 Å². The Morgan fingerprint density at radius 3 is 2.52 bits per heavy atom. The number of hydrogen-bond donors (Lipinski definition) is 0. The molecular formula is C17H24ClNO2. The molecule has 0 N–H and O–H groups in total. The van der Waals surface area contributed by atoms with Crippen LogP contribution in [-0.2, 0) is 0 Å². The summed E-state index contributed by atoms with van der Waals surface area (Å²) in [5.74, 6) is 3.18. The Morgan fingerprint density at radius 1 is 1.14 bits per heavy atom. The van der Waals surface area contributed by atoms with Crippen LogP contribution in [0.5, 0.6) is 11.5 Å². The first-order chi connectivity index (χ1) is 10.1. The third-order valence-corrected chi connectivity index (χ3v) is 4.68. The monoisotopic (exact) mass is 309 g/mol. The van der Waals surface area contributed by atoms with Gasteiger partial charge < -0.3 is 14.4 Å². The Hall–Kier alpha value is -0.930. The molecule has 2 aliphatic heterocycles. The van der Waals surface area contributed by atoms with E-state index in [1.165, 1.54) is 6.42 Å². The van der Waals surface area contributed by atoms with E-state index in [9.17, 15) is 0 Å². The van der Waals surface area contributed by atoms with Gasteiger partial charge in [0.1, 0.15) is 13.2 Å². The van der Waals surface area contributed by atoms with Crippen molar-refractivity contribution in [2.24, 2.45) is 11.8 Å². The standard InChI is InChI=1S/C17H24ClNO2/c1-12-7-13(2)10-19(9-12)11-15(18)14-3-4-16-17(8-14)21-6-5-20-16/h3-4,8,12-13,15H,5-7,9-11H2,1-2H3. The molecule has 1 aromatic rings. The minimum absolute atomic E-state index is 0.00155. The number of nitrogens with zero attached hydrogens (tertiary/aromatic N) is 1. The molecule has 0 spiro atoms. The van der Waals surface area contributed by atoms with Crippen LogP contribution in [0.1, 0.15) is 31.2 Å². The largest absolute Gasteiger partial charge is 0.486 e. The third kappa shape index (κ3) is 3.64. The van der Waals surface area contributed by atoms with Crippen molar-refractivity contribution in [2.45, 2.75) is 25.6 Å². The minimum atomic E-state index is -0.00155. The SMILES string of the molecule is CC1CC(C)CN(CC(Cl)c2ccc3c(c2)OCCO3)C1. The summed E-state index contributed by atoms with van der Waals surface area (Å²) >= 11 is 6.64. The zero-order valence-corrected chi connectivity index (χ0v) is 13.6. The van der Waals surface area contributed by atoms with Crippen molar-refractivity contribution in [3.8, 4) is 11.5 Å². The predicted molar refractivity (Wildman–Crippen MR) is 85.4 cm³/mol. The van der Waals surface area contributed by atoms with Crippen LogP contribution in [0.3, 0.4) is 0 Å². The molecule has 4 heteroatoms. The first kappa shape index (κ1) is 15.0. The van der Waals surface area contributed by atoms with Crippen molar-refractivity contribution in [1.82, 2.24) is 4.90 Å². The average molecular weight is 310 g/mol. The van der Waals surface area contributed by atoms with Gasteiger partial charge in [0.2, 0.25) is 0 Å². The number of benzene rings is 1. The zero-order chi connectivity index (χ0) is 14.8. The highest BCUT2D eigenvalue weighted by Crippen LogP contribution is 2.35. The fourth-order valence-electron chi connectivity index (χ4n) is 3.53. The van der Waals surface area contributed by atoms with Crippen molar-refractivity contribution in [3.63, 3.8) is 0 Å². The van der Waals surface area contributed by atoms with Crippen molar-refractivity contribution in [2.75, 3.05) is 32.8 Å². The maximum absolute atomic E-state index is 6.64. The first-order valence-corrected chi connectivity index (χ1v) is 8.31. The van der Waals surface area contributed by atoms with E-state index >= 15 is 0 Å². The maximum atomic E-state index is 6.64. The summed E-state index contributed by atoms with van der Waals surface area (Å²) in [7, 11) is 0. The topological polar surface area (TPSA) is 21.7 Å². The molecule has 0 aliphatic carbocycles. The second-order valence-corrected chi connectivity index (χ2v) is 7.06. The van der Waals surface area contributed by atoms with Crippen LogP contribution in [0.25, 0.3) is 0 Å². The van der Waals surface area contributed by atoms with Gasteiger partial charge in [-0.2, -0.15) is 0 Å². The number of ether oxygens (including phenoxy) is 2. The van der Waals surface area contributed by atoms with Gasteiger partial charge in [0, 0.05) is 19.6 Å². The second-order valence-electron chi connectivity index (χ2n) is 6.54. The summed E-state index contributed by atoms with van der Waals surface area (Å²) in [6.45, 7) is 9.10. The molecule has 1 fully saturated rings. The quantitative estimate of drug-likeness (QED) is 0.794. The number of hydrogen-bond acceptors (Lipinski definition) is 3. The Kier molecular flexibility index (Phi) is 4.60. The van der Waals surface area contributed by atoms with Gasteiger partial charge in [-0.15, -0.1) is 11.6 Å². The Morgan fingerprint density at radius 2 is 1.81 bits per heavy atom. The van der Waals surface area contributed by atoms with Crippen molar-refractivity contribution in [3.05, 3.63) is 23.8 Å². The maximum Gasteiger partial charge on any atom is 0.161 e. The van der Waals surface area contributed by atoms with Gasteiger partial charge in [0.15, 0.2) is 11.5 Å². The highest BCUT2D eigenvalue weighted by molar-refractivity contribution is 6.21. The van der Waals surface area contributed by atoms with Gasteiger partial charge in [-0.3, -0.25) is 0 Å². The molecule has 2 aliphatic rings.